The molecule has 0 radical (unpaired) electrons. The molecule has 3 rings (SSSR count). The summed E-state index contributed by atoms with van der Waals surface area (Å²) in [4.78, 5) is 25.2. The smallest absolute Gasteiger partial charge is 0.276 e. The highest BCUT2D eigenvalue weighted by Gasteiger charge is 2.21. The Morgan fingerprint density at radius 1 is 1.00 bits per heavy atom. The van der Waals surface area contributed by atoms with Crippen molar-refractivity contribution in [1.82, 2.24) is 29.3 Å². The molecule has 2 N–H and O–H groups in total. The minimum absolute atomic E-state index is 0.271. The number of carbonyl (C=O) groups is 2. The Labute approximate surface area is 149 Å². The van der Waals surface area contributed by atoms with Gasteiger partial charge in [-0.2, -0.15) is 15.3 Å². The summed E-state index contributed by atoms with van der Waals surface area (Å²) in [6.07, 6.45) is 6.09. The van der Waals surface area contributed by atoms with Crippen LogP contribution in [0.4, 0.5) is 11.4 Å². The molecule has 0 atom stereocenters. The van der Waals surface area contributed by atoms with Crippen LogP contribution >= 0.6 is 0 Å². The van der Waals surface area contributed by atoms with E-state index in [9.17, 15) is 9.59 Å². The van der Waals surface area contributed by atoms with Crippen molar-refractivity contribution in [1.29, 1.82) is 0 Å². The van der Waals surface area contributed by atoms with Gasteiger partial charge in [0.2, 0.25) is 0 Å². The van der Waals surface area contributed by atoms with E-state index in [2.05, 4.69) is 25.9 Å². The standard InChI is InChI=1S/C16H20N8O2/c1-5-24-14(16(26)20-12-7-18-23(4)10(12)2)13(8-19-24)21-15(25)11-6-17-22(3)9-11/h6-9H,5H2,1-4H3,(H,20,26)(H,21,25). The molecule has 26 heavy (non-hydrogen) atoms. The second-order valence-corrected chi connectivity index (χ2v) is 5.80. The SMILES string of the molecule is CCn1ncc(NC(=O)c2cnn(C)c2)c1C(=O)Nc1cnn(C)c1C. The van der Waals surface area contributed by atoms with Crippen LogP contribution in [0.25, 0.3) is 0 Å². The molecule has 0 saturated carbocycles. The van der Waals surface area contributed by atoms with Gasteiger partial charge in [0.1, 0.15) is 5.69 Å². The van der Waals surface area contributed by atoms with Crippen LogP contribution in [0.15, 0.2) is 24.8 Å². The Hall–Kier alpha value is -3.43. The molecule has 136 valence electrons. The summed E-state index contributed by atoms with van der Waals surface area (Å²) in [7, 11) is 3.52. The molecule has 0 spiro atoms. The third-order valence-corrected chi connectivity index (χ3v) is 4.05. The first-order chi connectivity index (χ1) is 12.4. The second-order valence-electron chi connectivity index (χ2n) is 5.80. The van der Waals surface area contributed by atoms with Crippen molar-refractivity contribution in [2.24, 2.45) is 14.1 Å². The number of rotatable bonds is 5. The van der Waals surface area contributed by atoms with Gasteiger partial charge in [0.15, 0.2) is 0 Å². The topological polar surface area (TPSA) is 112 Å². The minimum Gasteiger partial charge on any atom is -0.319 e. The van der Waals surface area contributed by atoms with E-state index in [1.807, 2.05) is 13.8 Å². The fraction of sp³-hybridized carbons (Fsp3) is 0.312. The average molecular weight is 356 g/mol. The highest BCUT2D eigenvalue weighted by Crippen LogP contribution is 2.20. The second kappa shape index (κ2) is 6.82. The van der Waals surface area contributed by atoms with E-state index in [1.165, 1.54) is 21.8 Å². The molecule has 0 aliphatic carbocycles. The van der Waals surface area contributed by atoms with Gasteiger partial charge in [-0.15, -0.1) is 0 Å². The monoisotopic (exact) mass is 356 g/mol. The fourth-order valence-electron chi connectivity index (χ4n) is 2.49. The van der Waals surface area contributed by atoms with Crippen molar-refractivity contribution >= 4 is 23.2 Å². The van der Waals surface area contributed by atoms with Gasteiger partial charge in [-0.3, -0.25) is 23.6 Å². The van der Waals surface area contributed by atoms with Crippen LogP contribution in [0.2, 0.25) is 0 Å². The number of hydrogen-bond donors (Lipinski definition) is 2. The number of anilines is 2. The fourth-order valence-corrected chi connectivity index (χ4v) is 2.49. The van der Waals surface area contributed by atoms with Crippen LogP contribution in [0, 0.1) is 6.92 Å². The van der Waals surface area contributed by atoms with Gasteiger partial charge in [-0.05, 0) is 13.8 Å². The van der Waals surface area contributed by atoms with Gasteiger partial charge in [0, 0.05) is 26.8 Å². The molecule has 3 aromatic rings. The molecule has 0 aliphatic heterocycles. The summed E-state index contributed by atoms with van der Waals surface area (Å²) in [5.41, 5.74) is 2.42. The molecular weight excluding hydrogens is 336 g/mol. The first-order valence-corrected chi connectivity index (χ1v) is 8.06. The van der Waals surface area contributed by atoms with Gasteiger partial charge in [0.25, 0.3) is 11.8 Å². The van der Waals surface area contributed by atoms with Crippen molar-refractivity contribution in [3.63, 3.8) is 0 Å². The molecule has 3 heterocycles. The van der Waals surface area contributed by atoms with Gasteiger partial charge in [-0.1, -0.05) is 0 Å². The first-order valence-electron chi connectivity index (χ1n) is 8.06. The maximum atomic E-state index is 12.8. The predicted octanol–water partition coefficient (Wildman–Crippen LogP) is 1.18. The summed E-state index contributed by atoms with van der Waals surface area (Å²) in [6, 6.07) is 0. The van der Waals surface area contributed by atoms with E-state index in [0.29, 0.717) is 23.5 Å². The van der Waals surface area contributed by atoms with Gasteiger partial charge >= 0.3 is 0 Å². The van der Waals surface area contributed by atoms with Crippen molar-refractivity contribution in [3.8, 4) is 0 Å². The summed E-state index contributed by atoms with van der Waals surface area (Å²) < 4.78 is 4.72. The van der Waals surface area contributed by atoms with Gasteiger partial charge in [-0.25, -0.2) is 0 Å². The van der Waals surface area contributed by atoms with Gasteiger partial charge < -0.3 is 10.6 Å². The van der Waals surface area contributed by atoms with Crippen molar-refractivity contribution in [3.05, 3.63) is 41.7 Å². The molecule has 0 aliphatic rings. The number of aryl methyl sites for hydroxylation is 3. The van der Waals surface area contributed by atoms with Crippen LogP contribution in [0.1, 0.15) is 33.5 Å². The lowest BCUT2D eigenvalue weighted by molar-refractivity contribution is 0.101. The molecule has 2 amide bonds. The number of aromatic nitrogens is 6. The normalized spacial score (nSPS) is 10.8. The van der Waals surface area contributed by atoms with E-state index in [1.54, 1.807) is 31.2 Å². The Morgan fingerprint density at radius 3 is 2.27 bits per heavy atom. The number of amides is 2. The molecule has 10 heteroatoms. The van der Waals surface area contributed by atoms with E-state index < -0.39 is 0 Å². The Balaban J connectivity index is 1.86. The largest absolute Gasteiger partial charge is 0.319 e. The van der Waals surface area contributed by atoms with Crippen LogP contribution in [0.5, 0.6) is 0 Å². The highest BCUT2D eigenvalue weighted by atomic mass is 16.2. The van der Waals surface area contributed by atoms with E-state index in [4.69, 9.17) is 0 Å². The van der Waals surface area contributed by atoms with Crippen LogP contribution in [0.3, 0.4) is 0 Å². The third-order valence-electron chi connectivity index (χ3n) is 4.05. The molecule has 0 unspecified atom stereocenters. The zero-order valence-electron chi connectivity index (χ0n) is 15.0. The highest BCUT2D eigenvalue weighted by molar-refractivity contribution is 6.11. The Morgan fingerprint density at radius 2 is 1.69 bits per heavy atom. The summed E-state index contributed by atoms with van der Waals surface area (Å²) in [5.74, 6) is -0.734. The zero-order valence-corrected chi connectivity index (χ0v) is 15.0. The van der Waals surface area contributed by atoms with Crippen LogP contribution < -0.4 is 10.6 Å². The molecule has 0 aromatic carbocycles. The molecule has 0 bridgehead atoms. The lowest BCUT2D eigenvalue weighted by atomic mass is 10.2. The first kappa shape index (κ1) is 17.4. The predicted molar refractivity (Wildman–Crippen MR) is 95.0 cm³/mol. The summed E-state index contributed by atoms with van der Waals surface area (Å²) in [6.45, 7) is 4.20. The lowest BCUT2D eigenvalue weighted by Gasteiger charge is -2.09. The van der Waals surface area contributed by atoms with E-state index in [0.717, 1.165) is 5.69 Å². The van der Waals surface area contributed by atoms with Crippen LogP contribution in [-0.4, -0.2) is 41.2 Å². The summed E-state index contributed by atoms with van der Waals surface area (Å²) in [5, 5.41) is 17.8. The quantitative estimate of drug-likeness (QED) is 0.713. The molecular formula is C16H20N8O2. The van der Waals surface area contributed by atoms with Crippen molar-refractivity contribution in [2.45, 2.75) is 20.4 Å². The molecule has 0 saturated heterocycles. The Kier molecular flexibility index (Phi) is 4.57. The maximum Gasteiger partial charge on any atom is 0.276 e. The third kappa shape index (κ3) is 3.21. The number of hydrogen-bond acceptors (Lipinski definition) is 5. The molecule has 3 aromatic heterocycles. The van der Waals surface area contributed by atoms with E-state index in [-0.39, 0.29) is 17.5 Å². The zero-order chi connectivity index (χ0) is 18.8. The van der Waals surface area contributed by atoms with Crippen molar-refractivity contribution < 1.29 is 9.59 Å². The average Bonchev–Trinajstić information content (AvgIpc) is 3.30. The lowest BCUT2D eigenvalue weighted by Crippen LogP contribution is -2.21. The maximum absolute atomic E-state index is 12.8. The number of nitrogens with zero attached hydrogens (tertiary/aromatic N) is 6. The van der Waals surface area contributed by atoms with Crippen molar-refractivity contribution in [2.75, 3.05) is 10.6 Å². The summed E-state index contributed by atoms with van der Waals surface area (Å²) >= 11 is 0. The van der Waals surface area contributed by atoms with Gasteiger partial charge in [0.05, 0.1) is 41.2 Å². The molecule has 10 nitrogen and oxygen atoms in total. The number of carbonyl (C=O) groups excluding carboxylic acids is 2. The molecule has 0 fully saturated rings. The number of nitrogens with one attached hydrogen (secondary N) is 2. The minimum atomic E-state index is -0.373. The van der Waals surface area contributed by atoms with E-state index >= 15 is 0 Å². The van der Waals surface area contributed by atoms with Crippen LogP contribution in [-0.2, 0) is 20.6 Å². The Bertz CT molecular complexity index is 965.